The molecule has 1 aliphatic rings. The molecule has 1 N–H and O–H groups in total. The number of carboxylic acids is 1. The van der Waals surface area contributed by atoms with Crippen molar-refractivity contribution in [2.75, 3.05) is 6.54 Å². The summed E-state index contributed by atoms with van der Waals surface area (Å²) in [6.07, 6.45) is 2.09. The number of piperidine rings is 1. The van der Waals surface area contributed by atoms with E-state index in [1.54, 1.807) is 0 Å². The number of hydrogen-bond acceptors (Lipinski definition) is 3. The SMILES string of the molecule is CC(C)(CCC(=O)O)CCN1C(=O)CC(C)(C)CC1=O. The van der Waals surface area contributed by atoms with Crippen LogP contribution in [-0.4, -0.2) is 34.3 Å². The van der Waals surface area contributed by atoms with E-state index in [4.69, 9.17) is 5.11 Å². The van der Waals surface area contributed by atoms with E-state index >= 15 is 0 Å². The largest absolute Gasteiger partial charge is 0.481 e. The second-order valence-corrected chi connectivity index (χ2v) is 7.26. The van der Waals surface area contributed by atoms with Crippen LogP contribution in [0, 0.1) is 10.8 Å². The molecule has 0 atom stereocenters. The molecule has 0 spiro atoms. The number of aliphatic carboxylic acids is 1. The van der Waals surface area contributed by atoms with Crippen molar-refractivity contribution in [2.24, 2.45) is 10.8 Å². The van der Waals surface area contributed by atoms with Crippen molar-refractivity contribution in [3.05, 3.63) is 0 Å². The molecule has 1 heterocycles. The number of nitrogens with zero attached hydrogens (tertiary/aromatic N) is 1. The van der Waals surface area contributed by atoms with Gasteiger partial charge in [0, 0.05) is 25.8 Å². The Balaban J connectivity index is 2.54. The highest BCUT2D eigenvalue weighted by Gasteiger charge is 2.37. The van der Waals surface area contributed by atoms with Crippen LogP contribution in [0.4, 0.5) is 0 Å². The summed E-state index contributed by atoms with van der Waals surface area (Å²) in [5.41, 5.74) is -0.435. The quantitative estimate of drug-likeness (QED) is 0.760. The van der Waals surface area contributed by atoms with Crippen molar-refractivity contribution in [1.29, 1.82) is 0 Å². The van der Waals surface area contributed by atoms with Crippen LogP contribution in [-0.2, 0) is 14.4 Å². The maximum atomic E-state index is 12.0. The van der Waals surface area contributed by atoms with Gasteiger partial charge in [0.15, 0.2) is 0 Å². The van der Waals surface area contributed by atoms with Crippen LogP contribution in [0.1, 0.15) is 59.8 Å². The molecule has 0 radical (unpaired) electrons. The van der Waals surface area contributed by atoms with E-state index in [0.717, 1.165) is 0 Å². The van der Waals surface area contributed by atoms with Gasteiger partial charge in [-0.25, -0.2) is 0 Å². The number of amides is 2. The van der Waals surface area contributed by atoms with Crippen LogP contribution in [0.15, 0.2) is 0 Å². The molecule has 0 bridgehead atoms. The Morgan fingerprint density at radius 2 is 1.70 bits per heavy atom. The molecule has 1 rings (SSSR count). The Bertz CT molecular complexity index is 392. The molecule has 0 aliphatic carbocycles. The van der Waals surface area contributed by atoms with Crippen molar-refractivity contribution in [2.45, 2.75) is 59.8 Å². The van der Waals surface area contributed by atoms with E-state index in [1.165, 1.54) is 4.90 Å². The average Bonchev–Trinajstić information content (AvgIpc) is 2.23. The van der Waals surface area contributed by atoms with Gasteiger partial charge in [-0.1, -0.05) is 27.7 Å². The average molecular weight is 283 g/mol. The number of hydrogen-bond donors (Lipinski definition) is 1. The number of carbonyl (C=O) groups excluding carboxylic acids is 2. The lowest BCUT2D eigenvalue weighted by Gasteiger charge is -2.36. The molecule has 20 heavy (non-hydrogen) atoms. The number of rotatable bonds is 6. The maximum Gasteiger partial charge on any atom is 0.303 e. The normalized spacial score (nSPS) is 19.3. The zero-order chi connectivity index (χ0) is 15.6. The van der Waals surface area contributed by atoms with Gasteiger partial charge in [0.25, 0.3) is 0 Å². The van der Waals surface area contributed by atoms with Crippen molar-refractivity contribution in [1.82, 2.24) is 4.90 Å². The van der Waals surface area contributed by atoms with Crippen LogP contribution in [0.5, 0.6) is 0 Å². The summed E-state index contributed by atoms with van der Waals surface area (Å²) >= 11 is 0. The van der Waals surface area contributed by atoms with E-state index in [9.17, 15) is 14.4 Å². The lowest BCUT2D eigenvalue weighted by Crippen LogP contribution is -2.47. The molecule has 1 aliphatic heterocycles. The highest BCUT2D eigenvalue weighted by molar-refractivity contribution is 5.98. The Morgan fingerprint density at radius 1 is 1.20 bits per heavy atom. The summed E-state index contributed by atoms with van der Waals surface area (Å²) in [6.45, 7) is 8.19. The molecular formula is C15H25NO4. The molecule has 0 unspecified atom stereocenters. The summed E-state index contributed by atoms with van der Waals surface area (Å²) in [6, 6.07) is 0. The van der Waals surface area contributed by atoms with Gasteiger partial charge < -0.3 is 5.11 Å². The van der Waals surface area contributed by atoms with E-state index in [2.05, 4.69) is 0 Å². The van der Waals surface area contributed by atoms with Crippen molar-refractivity contribution in [3.8, 4) is 0 Å². The zero-order valence-corrected chi connectivity index (χ0v) is 12.9. The predicted octanol–water partition coefficient (Wildman–Crippen LogP) is 2.44. The minimum Gasteiger partial charge on any atom is -0.481 e. The third kappa shape index (κ3) is 4.94. The van der Waals surface area contributed by atoms with Gasteiger partial charge in [0.05, 0.1) is 0 Å². The molecule has 0 aromatic heterocycles. The second kappa shape index (κ2) is 5.94. The fourth-order valence-corrected chi connectivity index (χ4v) is 2.45. The highest BCUT2D eigenvalue weighted by Crippen LogP contribution is 2.33. The molecule has 0 saturated carbocycles. The Morgan fingerprint density at radius 3 is 2.15 bits per heavy atom. The highest BCUT2D eigenvalue weighted by atomic mass is 16.4. The van der Waals surface area contributed by atoms with Gasteiger partial charge >= 0.3 is 5.97 Å². The number of imide groups is 1. The molecule has 1 fully saturated rings. The van der Waals surface area contributed by atoms with Crippen LogP contribution in [0.25, 0.3) is 0 Å². The first kappa shape index (κ1) is 16.7. The number of carbonyl (C=O) groups is 3. The maximum absolute atomic E-state index is 12.0. The fraction of sp³-hybridized carbons (Fsp3) is 0.800. The van der Waals surface area contributed by atoms with Crippen LogP contribution >= 0.6 is 0 Å². The molecule has 0 aromatic rings. The summed E-state index contributed by atoms with van der Waals surface area (Å²) in [7, 11) is 0. The van der Waals surface area contributed by atoms with E-state index < -0.39 is 5.97 Å². The Kier molecular flexibility index (Phi) is 4.95. The van der Waals surface area contributed by atoms with Crippen molar-refractivity contribution in [3.63, 3.8) is 0 Å². The molecule has 0 aromatic carbocycles. The van der Waals surface area contributed by atoms with Gasteiger partial charge in [0.1, 0.15) is 0 Å². The van der Waals surface area contributed by atoms with Gasteiger partial charge in [-0.3, -0.25) is 19.3 Å². The van der Waals surface area contributed by atoms with Gasteiger partial charge in [0.2, 0.25) is 11.8 Å². The van der Waals surface area contributed by atoms with Gasteiger partial charge in [-0.05, 0) is 23.7 Å². The zero-order valence-electron chi connectivity index (χ0n) is 12.9. The second-order valence-electron chi connectivity index (χ2n) is 7.26. The third-order valence-electron chi connectivity index (χ3n) is 3.89. The minimum absolute atomic E-state index is 0.111. The smallest absolute Gasteiger partial charge is 0.303 e. The van der Waals surface area contributed by atoms with Crippen molar-refractivity contribution < 1.29 is 19.5 Å². The lowest BCUT2D eigenvalue weighted by atomic mass is 9.80. The van der Waals surface area contributed by atoms with E-state index in [1.807, 2.05) is 27.7 Å². The van der Waals surface area contributed by atoms with Crippen LogP contribution in [0.2, 0.25) is 0 Å². The number of carboxylic acid groups (broad SMARTS) is 1. The molecule has 1 saturated heterocycles. The van der Waals surface area contributed by atoms with Gasteiger partial charge in [-0.15, -0.1) is 0 Å². The fourth-order valence-electron chi connectivity index (χ4n) is 2.45. The van der Waals surface area contributed by atoms with E-state index in [0.29, 0.717) is 32.2 Å². The molecule has 114 valence electrons. The first-order chi connectivity index (χ1) is 9.02. The molecule has 5 nitrogen and oxygen atoms in total. The lowest BCUT2D eigenvalue weighted by molar-refractivity contribution is -0.153. The Hall–Kier alpha value is -1.39. The van der Waals surface area contributed by atoms with Crippen LogP contribution < -0.4 is 0 Å². The molecule has 5 heteroatoms. The summed E-state index contributed by atoms with van der Waals surface area (Å²) in [5.74, 6) is -1.04. The van der Waals surface area contributed by atoms with E-state index in [-0.39, 0.29) is 29.1 Å². The Labute approximate surface area is 120 Å². The summed E-state index contributed by atoms with van der Waals surface area (Å²) in [4.78, 5) is 36.0. The van der Waals surface area contributed by atoms with Crippen LogP contribution in [0.3, 0.4) is 0 Å². The number of likely N-dealkylation sites (tertiary alicyclic amines) is 1. The summed E-state index contributed by atoms with van der Waals surface area (Å²) in [5, 5.41) is 8.72. The standard InChI is InChI=1S/C15H25NO4/c1-14(2,6-5-13(19)20)7-8-16-11(17)9-15(3,4)10-12(16)18/h5-10H2,1-4H3,(H,19,20). The summed E-state index contributed by atoms with van der Waals surface area (Å²) < 4.78 is 0. The minimum atomic E-state index is -0.815. The molecule has 2 amide bonds. The van der Waals surface area contributed by atoms with Gasteiger partial charge in [-0.2, -0.15) is 0 Å². The molecular weight excluding hydrogens is 258 g/mol. The third-order valence-corrected chi connectivity index (χ3v) is 3.89. The predicted molar refractivity (Wildman–Crippen MR) is 75.0 cm³/mol. The first-order valence-electron chi connectivity index (χ1n) is 7.07. The monoisotopic (exact) mass is 283 g/mol. The van der Waals surface area contributed by atoms with Crippen molar-refractivity contribution >= 4 is 17.8 Å². The topological polar surface area (TPSA) is 74.7 Å². The first-order valence-corrected chi connectivity index (χ1v) is 7.07.